The lowest BCUT2D eigenvalue weighted by Crippen LogP contribution is -2.45. The summed E-state index contributed by atoms with van der Waals surface area (Å²) in [5, 5.41) is 1.02. The standard InChI is InChI=1S/C16H20N2OS/c1-5-8-18(16(2,3)4)15(19)14-10-11-9-12(17)6-7-13(11)20-14/h5-7,9-10H,1,8,17H2,2-4H3. The highest BCUT2D eigenvalue weighted by Crippen LogP contribution is 2.29. The second-order valence-corrected chi connectivity index (χ2v) is 6.87. The van der Waals surface area contributed by atoms with Gasteiger partial charge < -0.3 is 10.6 Å². The lowest BCUT2D eigenvalue weighted by atomic mass is 10.1. The lowest BCUT2D eigenvalue weighted by molar-refractivity contribution is 0.0622. The number of carbonyl (C=O) groups is 1. The van der Waals surface area contributed by atoms with Gasteiger partial charge in [-0.1, -0.05) is 6.08 Å². The predicted octanol–water partition coefficient (Wildman–Crippen LogP) is 3.91. The molecule has 2 aromatic rings. The molecule has 0 radical (unpaired) electrons. The van der Waals surface area contributed by atoms with Crippen LogP contribution in [-0.2, 0) is 0 Å². The summed E-state index contributed by atoms with van der Waals surface area (Å²) in [5.74, 6) is 0.0390. The first kappa shape index (κ1) is 14.6. The highest BCUT2D eigenvalue weighted by molar-refractivity contribution is 7.20. The summed E-state index contributed by atoms with van der Waals surface area (Å²) in [6.45, 7) is 10.4. The monoisotopic (exact) mass is 288 g/mol. The maximum absolute atomic E-state index is 12.7. The van der Waals surface area contributed by atoms with Crippen molar-refractivity contribution in [3.8, 4) is 0 Å². The predicted molar refractivity (Wildman–Crippen MR) is 87.2 cm³/mol. The van der Waals surface area contributed by atoms with Crippen LogP contribution in [0.5, 0.6) is 0 Å². The Balaban J connectivity index is 2.41. The van der Waals surface area contributed by atoms with E-state index in [2.05, 4.69) is 6.58 Å². The number of rotatable bonds is 3. The molecule has 20 heavy (non-hydrogen) atoms. The van der Waals surface area contributed by atoms with Crippen molar-refractivity contribution < 1.29 is 4.79 Å². The Labute approximate surface area is 123 Å². The van der Waals surface area contributed by atoms with Crippen molar-refractivity contribution in [2.75, 3.05) is 12.3 Å². The molecule has 0 aliphatic carbocycles. The van der Waals surface area contributed by atoms with E-state index in [0.29, 0.717) is 12.2 Å². The normalized spacial score (nSPS) is 11.6. The van der Waals surface area contributed by atoms with Crippen LogP contribution in [0.1, 0.15) is 30.4 Å². The molecule has 0 fully saturated rings. The fourth-order valence-electron chi connectivity index (χ4n) is 2.09. The van der Waals surface area contributed by atoms with Crippen LogP contribution < -0.4 is 5.73 Å². The SMILES string of the molecule is C=CCN(C(=O)c1cc2cc(N)ccc2s1)C(C)(C)C. The zero-order valence-electron chi connectivity index (χ0n) is 12.1. The van der Waals surface area contributed by atoms with Crippen LogP contribution in [0.15, 0.2) is 36.9 Å². The average Bonchev–Trinajstić information content (AvgIpc) is 2.76. The van der Waals surface area contributed by atoms with Crippen LogP contribution in [0.4, 0.5) is 5.69 Å². The zero-order valence-corrected chi connectivity index (χ0v) is 13.0. The van der Waals surface area contributed by atoms with Crippen LogP contribution >= 0.6 is 11.3 Å². The summed E-state index contributed by atoms with van der Waals surface area (Å²) in [6, 6.07) is 7.64. The fraction of sp³-hybridized carbons (Fsp3) is 0.312. The number of nitrogen functional groups attached to an aromatic ring is 1. The molecule has 0 unspecified atom stereocenters. The second-order valence-electron chi connectivity index (χ2n) is 5.78. The maximum atomic E-state index is 12.7. The van der Waals surface area contributed by atoms with Gasteiger partial charge in [0.2, 0.25) is 0 Å². The zero-order chi connectivity index (χ0) is 14.9. The summed E-state index contributed by atoms with van der Waals surface area (Å²) in [4.78, 5) is 15.3. The molecule has 1 amide bonds. The van der Waals surface area contributed by atoms with Gasteiger partial charge in [-0.15, -0.1) is 17.9 Å². The van der Waals surface area contributed by atoms with Gasteiger partial charge in [0.05, 0.1) is 4.88 Å². The van der Waals surface area contributed by atoms with E-state index < -0.39 is 0 Å². The summed E-state index contributed by atoms with van der Waals surface area (Å²) < 4.78 is 1.08. The Hall–Kier alpha value is -1.81. The number of nitrogens with zero attached hydrogens (tertiary/aromatic N) is 1. The van der Waals surface area contributed by atoms with E-state index in [9.17, 15) is 4.79 Å². The fourth-order valence-corrected chi connectivity index (χ4v) is 3.08. The minimum atomic E-state index is -0.236. The number of benzene rings is 1. The van der Waals surface area contributed by atoms with E-state index in [1.54, 1.807) is 6.08 Å². The van der Waals surface area contributed by atoms with Crippen molar-refractivity contribution in [2.24, 2.45) is 0 Å². The summed E-state index contributed by atoms with van der Waals surface area (Å²) >= 11 is 1.50. The third kappa shape index (κ3) is 2.85. The largest absolute Gasteiger partial charge is 0.399 e. The van der Waals surface area contributed by atoms with Gasteiger partial charge in [0.15, 0.2) is 0 Å². The van der Waals surface area contributed by atoms with Gasteiger partial charge in [-0.05, 0) is 50.4 Å². The molecular formula is C16H20N2OS. The van der Waals surface area contributed by atoms with Gasteiger partial charge in [-0.3, -0.25) is 4.79 Å². The van der Waals surface area contributed by atoms with Crippen molar-refractivity contribution in [3.05, 3.63) is 41.8 Å². The van der Waals surface area contributed by atoms with Crippen LogP contribution in [-0.4, -0.2) is 22.9 Å². The van der Waals surface area contributed by atoms with Gasteiger partial charge in [-0.25, -0.2) is 0 Å². The number of hydrogen-bond acceptors (Lipinski definition) is 3. The molecule has 2 N–H and O–H groups in total. The first-order chi connectivity index (χ1) is 9.32. The lowest BCUT2D eigenvalue weighted by Gasteiger charge is -2.34. The number of thiophene rings is 1. The molecule has 2 rings (SSSR count). The van der Waals surface area contributed by atoms with Crippen molar-refractivity contribution in [1.29, 1.82) is 0 Å². The van der Waals surface area contributed by atoms with Gasteiger partial charge in [-0.2, -0.15) is 0 Å². The van der Waals surface area contributed by atoms with Crippen molar-refractivity contribution >= 4 is 33.0 Å². The number of nitrogens with two attached hydrogens (primary N) is 1. The molecule has 0 aliphatic rings. The molecule has 4 heteroatoms. The molecule has 1 aromatic carbocycles. The highest BCUT2D eigenvalue weighted by atomic mass is 32.1. The number of anilines is 1. The Bertz CT molecular complexity index is 652. The molecule has 0 bridgehead atoms. The molecule has 0 saturated heterocycles. The Morgan fingerprint density at radius 3 is 2.70 bits per heavy atom. The number of hydrogen-bond donors (Lipinski definition) is 1. The first-order valence-electron chi connectivity index (χ1n) is 6.55. The summed E-state index contributed by atoms with van der Waals surface area (Å²) in [7, 11) is 0. The maximum Gasteiger partial charge on any atom is 0.264 e. The van der Waals surface area contributed by atoms with Crippen molar-refractivity contribution in [1.82, 2.24) is 4.90 Å². The molecule has 0 spiro atoms. The molecule has 1 aromatic heterocycles. The van der Waals surface area contributed by atoms with Crippen molar-refractivity contribution in [2.45, 2.75) is 26.3 Å². The van der Waals surface area contributed by atoms with Crippen LogP contribution in [0.25, 0.3) is 10.1 Å². The van der Waals surface area contributed by atoms with Crippen LogP contribution in [0, 0.1) is 0 Å². The molecule has 1 heterocycles. The third-order valence-corrected chi connectivity index (χ3v) is 4.22. The van der Waals surface area contributed by atoms with E-state index in [1.807, 2.05) is 49.9 Å². The molecular weight excluding hydrogens is 268 g/mol. The Morgan fingerprint density at radius 1 is 1.40 bits per heavy atom. The molecule has 0 atom stereocenters. The number of fused-ring (bicyclic) bond motifs is 1. The molecule has 0 aliphatic heterocycles. The van der Waals surface area contributed by atoms with Crippen LogP contribution in [0.3, 0.4) is 0 Å². The van der Waals surface area contributed by atoms with Gasteiger partial charge >= 0.3 is 0 Å². The van der Waals surface area contributed by atoms with E-state index in [-0.39, 0.29) is 11.4 Å². The average molecular weight is 288 g/mol. The summed E-state index contributed by atoms with van der Waals surface area (Å²) in [5.41, 5.74) is 6.26. The van der Waals surface area contributed by atoms with E-state index >= 15 is 0 Å². The Kier molecular flexibility index (Phi) is 3.86. The van der Waals surface area contributed by atoms with Gasteiger partial charge in [0.1, 0.15) is 0 Å². The highest BCUT2D eigenvalue weighted by Gasteiger charge is 2.27. The third-order valence-electron chi connectivity index (χ3n) is 3.12. The van der Waals surface area contributed by atoms with Crippen LogP contribution in [0.2, 0.25) is 0 Å². The molecule has 3 nitrogen and oxygen atoms in total. The Morgan fingerprint density at radius 2 is 2.10 bits per heavy atom. The van der Waals surface area contributed by atoms with Gasteiger partial charge in [0.25, 0.3) is 5.91 Å². The van der Waals surface area contributed by atoms with E-state index in [1.165, 1.54) is 11.3 Å². The van der Waals surface area contributed by atoms with Gasteiger partial charge in [0, 0.05) is 22.5 Å². The first-order valence-corrected chi connectivity index (χ1v) is 7.36. The van der Waals surface area contributed by atoms with Crippen molar-refractivity contribution in [3.63, 3.8) is 0 Å². The van der Waals surface area contributed by atoms with E-state index in [0.717, 1.165) is 15.0 Å². The molecule has 0 saturated carbocycles. The number of carbonyl (C=O) groups excluding carboxylic acids is 1. The minimum absolute atomic E-state index is 0.0390. The quantitative estimate of drug-likeness (QED) is 0.687. The summed E-state index contributed by atoms with van der Waals surface area (Å²) in [6.07, 6.45) is 1.76. The molecule has 106 valence electrons. The van der Waals surface area contributed by atoms with E-state index in [4.69, 9.17) is 5.73 Å². The number of amides is 1. The smallest absolute Gasteiger partial charge is 0.264 e. The minimum Gasteiger partial charge on any atom is -0.399 e. The topological polar surface area (TPSA) is 46.3 Å². The second kappa shape index (κ2) is 5.29.